The number of carbonyl (C=O) groups is 1. The maximum Gasteiger partial charge on any atom is 0.321 e. The number of aromatic nitrogens is 2. The summed E-state index contributed by atoms with van der Waals surface area (Å²) in [5.41, 5.74) is 0.831. The highest BCUT2D eigenvalue weighted by molar-refractivity contribution is 9.10. The molecule has 3 rings (SSSR count). The summed E-state index contributed by atoms with van der Waals surface area (Å²) in [6, 6.07) is 9.48. The third kappa shape index (κ3) is 3.01. The summed E-state index contributed by atoms with van der Waals surface area (Å²) in [6.07, 6.45) is 3.73. The number of nitrogens with zero attached hydrogens (tertiary/aromatic N) is 3. The lowest BCUT2D eigenvalue weighted by molar-refractivity contribution is 0.117. The normalized spacial score (nSPS) is 14.9. The smallest absolute Gasteiger partial charge is 0.321 e. The van der Waals surface area contributed by atoms with Gasteiger partial charge in [0, 0.05) is 37.4 Å². The Hall–Kier alpha value is -1.82. The number of likely N-dealkylation sites (tertiary alicyclic amines) is 1. The molecule has 2 heterocycles. The Kier molecular flexibility index (Phi) is 3.73. The van der Waals surface area contributed by atoms with Gasteiger partial charge in [-0.2, -0.15) is 5.10 Å². The SMILES string of the molecule is O=C(Nc1ccccc1)N1CC(Cn2cc(Br)cn2)C1. The van der Waals surface area contributed by atoms with Gasteiger partial charge < -0.3 is 10.2 Å². The average Bonchev–Trinajstić information content (AvgIpc) is 2.80. The first-order chi connectivity index (χ1) is 9.70. The minimum atomic E-state index is -0.0332. The molecule has 5 nitrogen and oxygen atoms in total. The molecule has 0 atom stereocenters. The molecule has 0 radical (unpaired) electrons. The number of rotatable bonds is 3. The standard InChI is InChI=1S/C14H15BrN4O/c15-12-6-16-19(10-12)9-11-7-18(8-11)14(20)17-13-4-2-1-3-5-13/h1-6,10-11H,7-9H2,(H,17,20). The number of hydrogen-bond donors (Lipinski definition) is 1. The number of benzene rings is 1. The first kappa shape index (κ1) is 13.2. The second-order valence-electron chi connectivity index (χ2n) is 4.95. The number of para-hydroxylation sites is 1. The Morgan fingerprint density at radius 3 is 2.75 bits per heavy atom. The van der Waals surface area contributed by atoms with E-state index in [9.17, 15) is 4.79 Å². The quantitative estimate of drug-likeness (QED) is 0.938. The summed E-state index contributed by atoms with van der Waals surface area (Å²) < 4.78 is 2.89. The van der Waals surface area contributed by atoms with E-state index < -0.39 is 0 Å². The van der Waals surface area contributed by atoms with Gasteiger partial charge in [0.2, 0.25) is 0 Å². The van der Waals surface area contributed by atoms with E-state index in [0.717, 1.165) is 29.8 Å². The number of halogens is 1. The minimum absolute atomic E-state index is 0.0332. The molecule has 6 heteroatoms. The lowest BCUT2D eigenvalue weighted by Crippen LogP contribution is -2.52. The average molecular weight is 335 g/mol. The Morgan fingerprint density at radius 1 is 1.35 bits per heavy atom. The summed E-state index contributed by atoms with van der Waals surface area (Å²) in [5.74, 6) is 0.475. The zero-order chi connectivity index (χ0) is 13.9. The van der Waals surface area contributed by atoms with Crippen LogP contribution in [-0.4, -0.2) is 33.8 Å². The van der Waals surface area contributed by atoms with Crippen LogP contribution in [0.2, 0.25) is 0 Å². The molecular weight excluding hydrogens is 320 g/mol. The van der Waals surface area contributed by atoms with Crippen LogP contribution in [0.3, 0.4) is 0 Å². The number of amides is 2. The zero-order valence-electron chi connectivity index (χ0n) is 10.9. The molecule has 0 unspecified atom stereocenters. The summed E-state index contributed by atoms with van der Waals surface area (Å²) in [7, 11) is 0. The lowest BCUT2D eigenvalue weighted by atomic mass is 10.0. The molecule has 1 aliphatic rings. The largest absolute Gasteiger partial charge is 0.324 e. The Balaban J connectivity index is 1.47. The molecule has 1 aromatic carbocycles. The predicted molar refractivity (Wildman–Crippen MR) is 80.5 cm³/mol. The molecule has 104 valence electrons. The van der Waals surface area contributed by atoms with E-state index in [4.69, 9.17) is 0 Å². The number of hydrogen-bond acceptors (Lipinski definition) is 2. The van der Waals surface area contributed by atoms with Gasteiger partial charge in [0.25, 0.3) is 0 Å². The zero-order valence-corrected chi connectivity index (χ0v) is 12.5. The molecule has 0 saturated carbocycles. The molecule has 0 aliphatic carbocycles. The molecular formula is C14H15BrN4O. The number of nitrogens with one attached hydrogen (secondary N) is 1. The van der Waals surface area contributed by atoms with Crippen LogP contribution < -0.4 is 5.32 Å². The molecule has 1 fully saturated rings. The summed E-state index contributed by atoms with van der Waals surface area (Å²) >= 11 is 3.38. The van der Waals surface area contributed by atoms with Crippen LogP contribution in [0.5, 0.6) is 0 Å². The van der Waals surface area contributed by atoms with Crippen molar-refractivity contribution < 1.29 is 4.79 Å². The monoisotopic (exact) mass is 334 g/mol. The fourth-order valence-corrected chi connectivity index (χ4v) is 2.61. The van der Waals surface area contributed by atoms with Crippen molar-refractivity contribution in [3.8, 4) is 0 Å². The maximum atomic E-state index is 12.0. The van der Waals surface area contributed by atoms with Crippen LogP contribution in [0.15, 0.2) is 47.2 Å². The second-order valence-corrected chi connectivity index (χ2v) is 5.86. The van der Waals surface area contributed by atoms with Crippen molar-refractivity contribution in [1.82, 2.24) is 14.7 Å². The van der Waals surface area contributed by atoms with Crippen molar-refractivity contribution in [1.29, 1.82) is 0 Å². The van der Waals surface area contributed by atoms with Gasteiger partial charge in [-0.05, 0) is 28.1 Å². The van der Waals surface area contributed by atoms with Gasteiger partial charge in [-0.1, -0.05) is 18.2 Å². The van der Waals surface area contributed by atoms with Gasteiger partial charge in [0.1, 0.15) is 0 Å². The van der Waals surface area contributed by atoms with Gasteiger partial charge in [-0.15, -0.1) is 0 Å². The third-order valence-electron chi connectivity index (χ3n) is 3.32. The van der Waals surface area contributed by atoms with Crippen LogP contribution in [0, 0.1) is 5.92 Å². The van der Waals surface area contributed by atoms with Crippen LogP contribution >= 0.6 is 15.9 Å². The Labute approximate surface area is 125 Å². The van der Waals surface area contributed by atoms with Crippen molar-refractivity contribution >= 4 is 27.6 Å². The molecule has 0 bridgehead atoms. The van der Waals surface area contributed by atoms with Gasteiger partial charge in [-0.3, -0.25) is 4.68 Å². The summed E-state index contributed by atoms with van der Waals surface area (Å²) in [6.45, 7) is 2.40. The number of anilines is 1. The van der Waals surface area contributed by atoms with E-state index in [2.05, 4.69) is 26.3 Å². The van der Waals surface area contributed by atoms with Crippen LogP contribution in [-0.2, 0) is 6.54 Å². The second kappa shape index (κ2) is 5.66. The highest BCUT2D eigenvalue weighted by Gasteiger charge is 2.30. The number of carbonyl (C=O) groups excluding carboxylic acids is 1. The molecule has 1 saturated heterocycles. The van der Waals surface area contributed by atoms with Crippen molar-refractivity contribution in [2.75, 3.05) is 18.4 Å². The van der Waals surface area contributed by atoms with Gasteiger partial charge in [0.05, 0.1) is 10.7 Å². The van der Waals surface area contributed by atoms with E-state index >= 15 is 0 Å². The van der Waals surface area contributed by atoms with E-state index in [1.807, 2.05) is 46.1 Å². The van der Waals surface area contributed by atoms with Crippen LogP contribution in [0.4, 0.5) is 10.5 Å². The molecule has 1 aliphatic heterocycles. The Bertz CT molecular complexity index is 592. The van der Waals surface area contributed by atoms with Crippen LogP contribution in [0.25, 0.3) is 0 Å². The first-order valence-corrected chi connectivity index (χ1v) is 7.29. The predicted octanol–water partition coefficient (Wildman–Crippen LogP) is 2.81. The molecule has 2 amide bonds. The summed E-state index contributed by atoms with van der Waals surface area (Å²) in [5, 5.41) is 7.12. The van der Waals surface area contributed by atoms with E-state index in [-0.39, 0.29) is 6.03 Å². The van der Waals surface area contributed by atoms with Gasteiger partial charge >= 0.3 is 6.03 Å². The lowest BCUT2D eigenvalue weighted by Gasteiger charge is -2.39. The molecule has 0 spiro atoms. The van der Waals surface area contributed by atoms with E-state index in [1.165, 1.54) is 0 Å². The van der Waals surface area contributed by atoms with Gasteiger partial charge in [-0.25, -0.2) is 4.79 Å². The molecule has 2 aromatic rings. The number of urea groups is 1. The maximum absolute atomic E-state index is 12.0. The minimum Gasteiger partial charge on any atom is -0.324 e. The third-order valence-corrected chi connectivity index (χ3v) is 3.73. The van der Waals surface area contributed by atoms with E-state index in [0.29, 0.717) is 5.92 Å². The summed E-state index contributed by atoms with van der Waals surface area (Å²) in [4.78, 5) is 13.8. The molecule has 1 N–H and O–H groups in total. The molecule has 1 aromatic heterocycles. The van der Waals surface area contributed by atoms with Crippen molar-refractivity contribution in [3.05, 3.63) is 47.2 Å². The van der Waals surface area contributed by atoms with Gasteiger partial charge in [0.15, 0.2) is 0 Å². The fraction of sp³-hybridized carbons (Fsp3) is 0.286. The Morgan fingerprint density at radius 2 is 2.10 bits per heavy atom. The van der Waals surface area contributed by atoms with E-state index in [1.54, 1.807) is 6.20 Å². The van der Waals surface area contributed by atoms with Crippen molar-refractivity contribution in [2.24, 2.45) is 5.92 Å². The first-order valence-electron chi connectivity index (χ1n) is 6.49. The fourth-order valence-electron chi connectivity index (χ4n) is 2.28. The highest BCUT2D eigenvalue weighted by atomic mass is 79.9. The van der Waals surface area contributed by atoms with Crippen LogP contribution in [0.1, 0.15) is 0 Å². The topological polar surface area (TPSA) is 50.2 Å². The van der Waals surface area contributed by atoms with Crippen molar-refractivity contribution in [2.45, 2.75) is 6.54 Å². The van der Waals surface area contributed by atoms with Crippen molar-refractivity contribution in [3.63, 3.8) is 0 Å². The highest BCUT2D eigenvalue weighted by Crippen LogP contribution is 2.19. The molecule has 20 heavy (non-hydrogen) atoms.